The van der Waals surface area contributed by atoms with E-state index in [1.54, 1.807) is 10.4 Å². The van der Waals surface area contributed by atoms with Crippen LogP contribution in [0.2, 0.25) is 0 Å². The van der Waals surface area contributed by atoms with Crippen molar-refractivity contribution >= 4 is 49.3 Å². The monoisotopic (exact) mass is 411 g/mol. The predicted octanol–water partition coefficient (Wildman–Crippen LogP) is 4.01. The van der Waals surface area contributed by atoms with Gasteiger partial charge in [0, 0.05) is 33.9 Å². The number of sulfonamides is 1. The lowest BCUT2D eigenvalue weighted by Crippen LogP contribution is -2.44. The molecule has 0 amide bonds. The zero-order valence-corrected chi connectivity index (χ0v) is 16.2. The molecule has 0 aromatic heterocycles. The summed E-state index contributed by atoms with van der Waals surface area (Å²) in [5.41, 5.74) is 1.54. The van der Waals surface area contributed by atoms with Crippen molar-refractivity contribution < 1.29 is 8.42 Å². The average Bonchev–Trinajstić information content (AvgIpc) is 2.40. The van der Waals surface area contributed by atoms with Gasteiger partial charge in [-0.05, 0) is 30.2 Å². The molecule has 1 aromatic rings. The van der Waals surface area contributed by atoms with E-state index in [2.05, 4.69) is 29.8 Å². The Morgan fingerprint density at radius 1 is 1.33 bits per heavy atom. The number of rotatable bonds is 3. The summed E-state index contributed by atoms with van der Waals surface area (Å²) in [6.07, 6.45) is 0. The van der Waals surface area contributed by atoms with E-state index >= 15 is 0 Å². The molecule has 0 N–H and O–H groups in total. The Hall–Kier alpha value is 0.250. The highest BCUT2D eigenvalue weighted by Gasteiger charge is 2.33. The molecule has 0 bridgehead atoms. The van der Waals surface area contributed by atoms with Crippen LogP contribution >= 0.6 is 39.3 Å². The SMILES string of the molecule is Cc1c(Br)cc(CCl)cc1S(=O)(=O)N1CC(C)SC(C)C1. The summed E-state index contributed by atoms with van der Waals surface area (Å²) in [7, 11) is -3.48. The molecule has 1 aromatic carbocycles. The Labute approximate surface area is 144 Å². The maximum absolute atomic E-state index is 13.0. The van der Waals surface area contributed by atoms with Gasteiger partial charge in [0.2, 0.25) is 10.0 Å². The fourth-order valence-corrected chi connectivity index (χ4v) is 6.74. The van der Waals surface area contributed by atoms with Crippen LogP contribution in [-0.4, -0.2) is 36.3 Å². The minimum Gasteiger partial charge on any atom is -0.207 e. The lowest BCUT2D eigenvalue weighted by atomic mass is 10.2. The summed E-state index contributed by atoms with van der Waals surface area (Å²) in [5.74, 6) is 0.296. The van der Waals surface area contributed by atoms with Crippen LogP contribution in [0, 0.1) is 6.92 Å². The minimum atomic E-state index is -3.48. The van der Waals surface area contributed by atoms with E-state index in [1.807, 2.05) is 24.8 Å². The summed E-state index contributed by atoms with van der Waals surface area (Å²) < 4.78 is 28.3. The van der Waals surface area contributed by atoms with Crippen LogP contribution in [-0.2, 0) is 15.9 Å². The molecule has 0 spiro atoms. The zero-order chi connectivity index (χ0) is 15.8. The zero-order valence-electron chi connectivity index (χ0n) is 12.3. The molecule has 118 valence electrons. The van der Waals surface area contributed by atoms with Crippen molar-refractivity contribution in [3.05, 3.63) is 27.7 Å². The fraction of sp³-hybridized carbons (Fsp3) is 0.571. The molecule has 2 atom stereocenters. The number of benzene rings is 1. The lowest BCUT2D eigenvalue weighted by Gasteiger charge is -2.34. The molecule has 1 aliphatic heterocycles. The van der Waals surface area contributed by atoms with E-state index in [0.29, 0.717) is 34.4 Å². The summed E-state index contributed by atoms with van der Waals surface area (Å²) in [6.45, 7) is 7.07. The van der Waals surface area contributed by atoms with Crippen LogP contribution in [0.15, 0.2) is 21.5 Å². The maximum atomic E-state index is 13.0. The van der Waals surface area contributed by atoms with Crippen molar-refractivity contribution in [1.82, 2.24) is 4.31 Å². The Bertz CT molecular complexity index is 626. The largest absolute Gasteiger partial charge is 0.243 e. The molecule has 1 fully saturated rings. The number of nitrogens with zero attached hydrogens (tertiary/aromatic N) is 1. The van der Waals surface area contributed by atoms with Crippen molar-refractivity contribution in [3.8, 4) is 0 Å². The first-order valence-corrected chi connectivity index (χ1v) is 10.5. The first kappa shape index (κ1) is 17.6. The number of halogens is 2. The standard InChI is InChI=1S/C14H19BrClNO2S2/c1-9-7-17(8-10(2)20-9)21(18,19)14-5-12(6-16)4-13(15)11(14)3/h4-5,9-10H,6-8H2,1-3H3. The van der Waals surface area contributed by atoms with Crippen molar-refractivity contribution in [3.63, 3.8) is 0 Å². The number of alkyl halides is 1. The van der Waals surface area contributed by atoms with Crippen molar-refractivity contribution in [2.45, 2.75) is 42.0 Å². The van der Waals surface area contributed by atoms with Gasteiger partial charge in [-0.15, -0.1) is 11.6 Å². The van der Waals surface area contributed by atoms with Gasteiger partial charge in [-0.3, -0.25) is 0 Å². The molecular weight excluding hydrogens is 394 g/mol. The first-order valence-electron chi connectivity index (χ1n) is 6.76. The van der Waals surface area contributed by atoms with Crippen molar-refractivity contribution in [2.24, 2.45) is 0 Å². The van der Waals surface area contributed by atoms with Crippen LogP contribution in [0.4, 0.5) is 0 Å². The number of hydrogen-bond donors (Lipinski definition) is 0. The third-order valence-corrected chi connectivity index (χ3v) is 7.83. The molecule has 0 radical (unpaired) electrons. The Kier molecular flexibility index (Phi) is 5.69. The smallest absolute Gasteiger partial charge is 0.207 e. The normalized spacial score (nSPS) is 24.2. The topological polar surface area (TPSA) is 37.4 Å². The molecular formula is C14H19BrClNO2S2. The molecule has 0 saturated carbocycles. The molecule has 21 heavy (non-hydrogen) atoms. The van der Waals surface area contributed by atoms with Gasteiger partial charge in [-0.2, -0.15) is 16.1 Å². The predicted molar refractivity (Wildman–Crippen MR) is 93.7 cm³/mol. The number of hydrogen-bond acceptors (Lipinski definition) is 3. The highest BCUT2D eigenvalue weighted by Crippen LogP contribution is 2.32. The minimum absolute atomic E-state index is 0.296. The highest BCUT2D eigenvalue weighted by molar-refractivity contribution is 9.10. The highest BCUT2D eigenvalue weighted by atomic mass is 79.9. The third-order valence-electron chi connectivity index (χ3n) is 3.51. The van der Waals surface area contributed by atoms with Gasteiger partial charge in [0.15, 0.2) is 0 Å². The maximum Gasteiger partial charge on any atom is 0.243 e. The van der Waals surface area contributed by atoms with E-state index in [0.717, 1.165) is 15.6 Å². The lowest BCUT2D eigenvalue weighted by molar-refractivity contribution is 0.404. The Morgan fingerprint density at radius 3 is 2.43 bits per heavy atom. The van der Waals surface area contributed by atoms with Crippen LogP contribution in [0.1, 0.15) is 25.0 Å². The number of thioether (sulfide) groups is 1. The molecule has 2 unspecified atom stereocenters. The van der Waals surface area contributed by atoms with Gasteiger partial charge >= 0.3 is 0 Å². The van der Waals surface area contributed by atoms with Gasteiger partial charge in [0.1, 0.15) is 0 Å². The third kappa shape index (κ3) is 3.78. The first-order chi connectivity index (χ1) is 9.75. The molecule has 7 heteroatoms. The Balaban J connectivity index is 2.46. The fourth-order valence-electron chi connectivity index (χ4n) is 2.52. The van der Waals surface area contributed by atoms with Crippen molar-refractivity contribution in [2.75, 3.05) is 13.1 Å². The second-order valence-corrected chi connectivity index (χ2v) is 10.3. The van der Waals surface area contributed by atoms with Crippen LogP contribution in [0.5, 0.6) is 0 Å². The van der Waals surface area contributed by atoms with E-state index in [-0.39, 0.29) is 0 Å². The van der Waals surface area contributed by atoms with E-state index in [4.69, 9.17) is 11.6 Å². The summed E-state index contributed by atoms with van der Waals surface area (Å²) in [4.78, 5) is 0.360. The van der Waals surface area contributed by atoms with Crippen LogP contribution < -0.4 is 0 Å². The van der Waals surface area contributed by atoms with E-state index in [9.17, 15) is 8.42 Å². The molecule has 1 aliphatic rings. The van der Waals surface area contributed by atoms with Gasteiger partial charge in [0.25, 0.3) is 0 Å². The summed E-state index contributed by atoms with van der Waals surface area (Å²) in [6, 6.07) is 3.57. The second-order valence-electron chi connectivity index (χ2n) is 5.41. The second kappa shape index (κ2) is 6.79. The molecule has 2 rings (SSSR count). The quantitative estimate of drug-likeness (QED) is 0.704. The van der Waals surface area contributed by atoms with Gasteiger partial charge in [-0.1, -0.05) is 29.8 Å². The summed E-state index contributed by atoms with van der Waals surface area (Å²) in [5, 5.41) is 0.618. The van der Waals surface area contributed by atoms with E-state index < -0.39 is 10.0 Å². The molecule has 1 saturated heterocycles. The molecule has 1 heterocycles. The van der Waals surface area contributed by atoms with Gasteiger partial charge in [-0.25, -0.2) is 8.42 Å². The summed E-state index contributed by atoms with van der Waals surface area (Å²) >= 11 is 11.1. The van der Waals surface area contributed by atoms with Crippen molar-refractivity contribution in [1.29, 1.82) is 0 Å². The van der Waals surface area contributed by atoms with Gasteiger partial charge in [0.05, 0.1) is 4.90 Å². The molecule has 3 nitrogen and oxygen atoms in total. The van der Waals surface area contributed by atoms with Crippen LogP contribution in [0.3, 0.4) is 0 Å². The van der Waals surface area contributed by atoms with E-state index in [1.165, 1.54) is 0 Å². The molecule has 0 aliphatic carbocycles. The Morgan fingerprint density at radius 2 is 1.90 bits per heavy atom. The van der Waals surface area contributed by atoms with Gasteiger partial charge < -0.3 is 0 Å². The average molecular weight is 413 g/mol. The van der Waals surface area contributed by atoms with Crippen LogP contribution in [0.25, 0.3) is 0 Å².